The topological polar surface area (TPSA) is 15.8 Å². The van der Waals surface area contributed by atoms with Crippen LogP contribution in [0.4, 0.5) is 0 Å². The molecule has 1 saturated carbocycles. The minimum absolute atomic E-state index is 0. The lowest BCUT2D eigenvalue weighted by molar-refractivity contribution is 0.445. The van der Waals surface area contributed by atoms with E-state index in [0.717, 1.165) is 12.3 Å². The van der Waals surface area contributed by atoms with E-state index in [1.54, 1.807) is 5.56 Å². The van der Waals surface area contributed by atoms with E-state index in [0.29, 0.717) is 0 Å². The number of fused-ring (bicyclic) bond motifs is 1. The van der Waals surface area contributed by atoms with E-state index in [2.05, 4.69) is 36.3 Å². The largest absolute Gasteiger partial charge is 0.361 e. The van der Waals surface area contributed by atoms with Gasteiger partial charge in [-0.05, 0) is 42.4 Å². The van der Waals surface area contributed by atoms with E-state index in [9.17, 15) is 0 Å². The highest BCUT2D eigenvalue weighted by molar-refractivity contribution is 5.87. The monoisotopic (exact) mass is 229 g/mol. The first-order valence-corrected chi connectivity index (χ1v) is 6.99. The fraction of sp³-hybridized carbons (Fsp3) is 0.500. The van der Waals surface area contributed by atoms with Crippen molar-refractivity contribution in [3.63, 3.8) is 0 Å². The Kier molecular flexibility index (Phi) is 2.92. The van der Waals surface area contributed by atoms with Crippen molar-refractivity contribution >= 4 is 10.9 Å². The summed E-state index contributed by atoms with van der Waals surface area (Å²) in [7, 11) is 0. The molecule has 92 valence electrons. The van der Waals surface area contributed by atoms with Crippen molar-refractivity contribution in [2.75, 3.05) is 0 Å². The van der Waals surface area contributed by atoms with Gasteiger partial charge in [0.05, 0.1) is 0 Å². The minimum atomic E-state index is 0. The van der Waals surface area contributed by atoms with Crippen LogP contribution in [0.3, 0.4) is 0 Å². The first-order valence-electron chi connectivity index (χ1n) is 6.99. The first kappa shape index (κ1) is 10.9. The van der Waals surface area contributed by atoms with E-state index in [-0.39, 0.29) is 1.43 Å². The van der Waals surface area contributed by atoms with Gasteiger partial charge in [0.15, 0.2) is 0 Å². The molecule has 1 aliphatic rings. The van der Waals surface area contributed by atoms with Crippen LogP contribution >= 0.6 is 0 Å². The van der Waals surface area contributed by atoms with Gasteiger partial charge in [-0.25, -0.2) is 0 Å². The Morgan fingerprint density at radius 2 is 2.06 bits per heavy atom. The molecule has 1 nitrogen and oxygen atoms in total. The van der Waals surface area contributed by atoms with Gasteiger partial charge in [0.1, 0.15) is 0 Å². The number of benzene rings is 1. The van der Waals surface area contributed by atoms with Crippen LogP contribution in [0.15, 0.2) is 24.4 Å². The molecule has 1 aromatic heterocycles. The molecule has 0 amide bonds. The third kappa shape index (κ3) is 1.88. The number of hydrogen-bond acceptors (Lipinski definition) is 0. The Bertz CT molecular complexity index is 509. The smallest absolute Gasteiger partial charge is 0.0459 e. The molecule has 1 N–H and O–H groups in total. The molecule has 0 unspecified atom stereocenters. The fourth-order valence-electron chi connectivity index (χ4n) is 3.32. The molecule has 0 bridgehead atoms. The Labute approximate surface area is 105 Å². The Morgan fingerprint density at radius 3 is 2.82 bits per heavy atom. The average molecular weight is 229 g/mol. The van der Waals surface area contributed by atoms with E-state index in [1.807, 2.05) is 0 Å². The quantitative estimate of drug-likeness (QED) is 0.744. The predicted octanol–water partition coefficient (Wildman–Crippen LogP) is 5.02. The van der Waals surface area contributed by atoms with Crippen LogP contribution in [0.2, 0.25) is 0 Å². The minimum Gasteiger partial charge on any atom is -0.361 e. The second kappa shape index (κ2) is 4.56. The van der Waals surface area contributed by atoms with Gasteiger partial charge in [-0.2, -0.15) is 0 Å². The average Bonchev–Trinajstić information content (AvgIpc) is 2.83. The van der Waals surface area contributed by atoms with E-state index < -0.39 is 0 Å². The van der Waals surface area contributed by atoms with E-state index in [1.165, 1.54) is 48.6 Å². The highest BCUT2D eigenvalue weighted by Gasteiger charge is 2.19. The number of aryl methyl sites for hydroxylation is 1. The SMILES string of the molecule is CCc1cccc2[nH]cc(C3CCCCC3)c12.[HH]. The molecule has 1 aliphatic carbocycles. The summed E-state index contributed by atoms with van der Waals surface area (Å²) >= 11 is 0. The zero-order valence-electron chi connectivity index (χ0n) is 10.6. The summed E-state index contributed by atoms with van der Waals surface area (Å²) in [5, 5.41) is 1.52. The lowest BCUT2D eigenvalue weighted by atomic mass is 9.83. The lowest BCUT2D eigenvalue weighted by Crippen LogP contribution is -2.04. The zero-order valence-corrected chi connectivity index (χ0v) is 10.6. The van der Waals surface area contributed by atoms with Gasteiger partial charge in [0.25, 0.3) is 0 Å². The number of hydrogen-bond donors (Lipinski definition) is 1. The van der Waals surface area contributed by atoms with Crippen LogP contribution < -0.4 is 0 Å². The normalized spacial score (nSPS) is 17.7. The van der Waals surface area contributed by atoms with Gasteiger partial charge in [-0.3, -0.25) is 0 Å². The van der Waals surface area contributed by atoms with Crippen LogP contribution in [-0.4, -0.2) is 4.98 Å². The molecule has 1 aromatic carbocycles. The van der Waals surface area contributed by atoms with Crippen molar-refractivity contribution in [3.05, 3.63) is 35.5 Å². The molecular formula is C16H23N. The van der Waals surface area contributed by atoms with Crippen LogP contribution in [0.1, 0.15) is 57.5 Å². The summed E-state index contributed by atoms with van der Waals surface area (Å²) in [4.78, 5) is 3.46. The summed E-state index contributed by atoms with van der Waals surface area (Å²) < 4.78 is 0. The maximum absolute atomic E-state index is 3.46. The van der Waals surface area contributed by atoms with Gasteiger partial charge in [-0.15, -0.1) is 0 Å². The number of nitrogens with one attached hydrogen (secondary N) is 1. The van der Waals surface area contributed by atoms with Crippen molar-refractivity contribution < 1.29 is 1.43 Å². The van der Waals surface area contributed by atoms with Gasteiger partial charge in [0.2, 0.25) is 0 Å². The highest BCUT2D eigenvalue weighted by Crippen LogP contribution is 2.37. The molecule has 2 aromatic rings. The van der Waals surface area contributed by atoms with Crippen molar-refractivity contribution in [1.29, 1.82) is 0 Å². The summed E-state index contributed by atoms with van der Waals surface area (Å²) in [5.74, 6) is 0.796. The summed E-state index contributed by atoms with van der Waals surface area (Å²) in [5.41, 5.74) is 4.41. The number of aromatic amines is 1. The van der Waals surface area contributed by atoms with Crippen molar-refractivity contribution in [3.8, 4) is 0 Å². The van der Waals surface area contributed by atoms with Crippen molar-refractivity contribution in [2.24, 2.45) is 0 Å². The Morgan fingerprint density at radius 1 is 1.24 bits per heavy atom. The summed E-state index contributed by atoms with van der Waals surface area (Å²) in [6.07, 6.45) is 10.4. The molecule has 0 spiro atoms. The number of rotatable bonds is 2. The van der Waals surface area contributed by atoms with Gasteiger partial charge in [0, 0.05) is 18.5 Å². The van der Waals surface area contributed by atoms with Crippen LogP contribution in [0.5, 0.6) is 0 Å². The third-order valence-corrected chi connectivity index (χ3v) is 4.25. The maximum atomic E-state index is 3.46. The van der Waals surface area contributed by atoms with Crippen LogP contribution in [0.25, 0.3) is 10.9 Å². The van der Waals surface area contributed by atoms with Gasteiger partial charge >= 0.3 is 0 Å². The maximum Gasteiger partial charge on any atom is 0.0459 e. The molecule has 0 saturated heterocycles. The molecule has 17 heavy (non-hydrogen) atoms. The molecule has 1 fully saturated rings. The second-order valence-electron chi connectivity index (χ2n) is 5.27. The molecule has 0 aliphatic heterocycles. The van der Waals surface area contributed by atoms with Crippen LogP contribution in [-0.2, 0) is 6.42 Å². The van der Waals surface area contributed by atoms with Crippen LogP contribution in [0, 0.1) is 0 Å². The molecule has 0 atom stereocenters. The van der Waals surface area contributed by atoms with E-state index >= 15 is 0 Å². The van der Waals surface area contributed by atoms with Crippen molar-refractivity contribution in [2.45, 2.75) is 51.4 Å². The van der Waals surface area contributed by atoms with Crippen molar-refractivity contribution in [1.82, 2.24) is 4.98 Å². The Hall–Kier alpha value is -1.24. The summed E-state index contributed by atoms with van der Waals surface area (Å²) in [6.45, 7) is 2.26. The van der Waals surface area contributed by atoms with Gasteiger partial charge in [-0.1, -0.05) is 38.3 Å². The molecule has 1 heterocycles. The predicted molar refractivity (Wildman–Crippen MR) is 75.6 cm³/mol. The lowest BCUT2D eigenvalue weighted by Gasteiger charge is -2.21. The number of H-pyrrole nitrogens is 1. The standard InChI is InChI=1S/C16H21N.H2/c1-2-12-9-6-10-15-16(12)14(11-17-15)13-7-4-3-5-8-13;/h6,9-11,13,17H,2-5,7-8H2,1H3;1H. The Balaban J connectivity index is 0.00000120. The fourth-order valence-corrected chi connectivity index (χ4v) is 3.32. The van der Waals surface area contributed by atoms with Gasteiger partial charge < -0.3 is 4.98 Å². The summed E-state index contributed by atoms with van der Waals surface area (Å²) in [6, 6.07) is 6.66. The van der Waals surface area contributed by atoms with E-state index in [4.69, 9.17) is 0 Å². The highest BCUT2D eigenvalue weighted by atomic mass is 14.7. The third-order valence-electron chi connectivity index (χ3n) is 4.25. The zero-order chi connectivity index (χ0) is 11.7. The second-order valence-corrected chi connectivity index (χ2v) is 5.27. The molecule has 1 heteroatoms. The molecular weight excluding hydrogens is 206 g/mol. The number of aromatic nitrogens is 1. The first-order chi connectivity index (χ1) is 8.40. The molecule has 3 rings (SSSR count). The molecule has 0 radical (unpaired) electrons.